The second-order valence-electron chi connectivity index (χ2n) is 6.92. The quantitative estimate of drug-likeness (QED) is 0.847. The van der Waals surface area contributed by atoms with Crippen LogP contribution >= 0.6 is 0 Å². The predicted octanol–water partition coefficient (Wildman–Crippen LogP) is 2.17. The summed E-state index contributed by atoms with van der Waals surface area (Å²) in [4.78, 5) is 16.8. The molecule has 0 unspecified atom stereocenters. The van der Waals surface area contributed by atoms with Gasteiger partial charge in [-0.2, -0.15) is 0 Å². The second kappa shape index (κ2) is 7.99. The van der Waals surface area contributed by atoms with Crippen LogP contribution in [-0.2, 0) is 9.53 Å². The van der Waals surface area contributed by atoms with Crippen LogP contribution in [0.5, 0.6) is 5.75 Å². The molecule has 0 bridgehead atoms. The van der Waals surface area contributed by atoms with Gasteiger partial charge in [0.25, 0.3) is 5.91 Å². The fraction of sp³-hybridized carbons (Fsp3) is 0.632. The van der Waals surface area contributed by atoms with E-state index in [2.05, 4.69) is 18.7 Å². The fourth-order valence-electron chi connectivity index (χ4n) is 3.75. The summed E-state index contributed by atoms with van der Waals surface area (Å²) in [5.74, 6) is 0.832. The van der Waals surface area contributed by atoms with Crippen molar-refractivity contribution in [1.82, 2.24) is 9.80 Å². The summed E-state index contributed by atoms with van der Waals surface area (Å²) < 4.78 is 11.4. The SMILES string of the molecule is C[C@H]1CN(C2CCN(C(=O)COc3ccccc3)CC2)C[C@H](C)O1. The summed E-state index contributed by atoms with van der Waals surface area (Å²) >= 11 is 0. The number of likely N-dealkylation sites (tertiary alicyclic amines) is 1. The van der Waals surface area contributed by atoms with Crippen molar-refractivity contribution in [3.05, 3.63) is 30.3 Å². The minimum absolute atomic E-state index is 0.0843. The van der Waals surface area contributed by atoms with Gasteiger partial charge in [0, 0.05) is 32.2 Å². The Kier molecular flexibility index (Phi) is 5.74. The van der Waals surface area contributed by atoms with Crippen molar-refractivity contribution in [3.63, 3.8) is 0 Å². The van der Waals surface area contributed by atoms with Crippen molar-refractivity contribution in [2.45, 2.75) is 44.9 Å². The molecule has 2 atom stereocenters. The number of carbonyl (C=O) groups excluding carboxylic acids is 1. The van der Waals surface area contributed by atoms with Crippen molar-refractivity contribution in [1.29, 1.82) is 0 Å². The maximum absolute atomic E-state index is 12.3. The summed E-state index contributed by atoms with van der Waals surface area (Å²) in [5, 5.41) is 0. The van der Waals surface area contributed by atoms with Crippen LogP contribution in [-0.4, -0.2) is 66.7 Å². The first kappa shape index (κ1) is 17.2. The van der Waals surface area contributed by atoms with E-state index in [0.717, 1.165) is 44.8 Å². The van der Waals surface area contributed by atoms with Gasteiger partial charge < -0.3 is 14.4 Å². The zero-order chi connectivity index (χ0) is 16.9. The molecule has 2 saturated heterocycles. The number of morpholine rings is 1. The number of hydrogen-bond donors (Lipinski definition) is 0. The van der Waals surface area contributed by atoms with Crippen molar-refractivity contribution < 1.29 is 14.3 Å². The molecule has 0 aliphatic carbocycles. The highest BCUT2D eigenvalue weighted by atomic mass is 16.5. The van der Waals surface area contributed by atoms with Gasteiger partial charge in [-0.1, -0.05) is 18.2 Å². The van der Waals surface area contributed by atoms with Gasteiger partial charge in [0.05, 0.1) is 12.2 Å². The minimum atomic E-state index is 0.0843. The molecule has 1 aromatic rings. The summed E-state index contributed by atoms with van der Waals surface area (Å²) in [6, 6.07) is 10.1. The average molecular weight is 332 g/mol. The summed E-state index contributed by atoms with van der Waals surface area (Å²) in [5.41, 5.74) is 0. The lowest BCUT2D eigenvalue weighted by Gasteiger charge is -2.43. The highest BCUT2D eigenvalue weighted by molar-refractivity contribution is 5.77. The molecule has 0 N–H and O–H groups in total. The lowest BCUT2D eigenvalue weighted by Crippen LogP contribution is -2.54. The number of amides is 1. The zero-order valence-corrected chi connectivity index (χ0v) is 14.7. The van der Waals surface area contributed by atoms with Gasteiger partial charge in [-0.15, -0.1) is 0 Å². The third-order valence-corrected chi connectivity index (χ3v) is 4.89. The number of piperidine rings is 1. The van der Waals surface area contributed by atoms with Crippen LogP contribution in [0.2, 0.25) is 0 Å². The molecule has 2 fully saturated rings. The van der Waals surface area contributed by atoms with Crippen LogP contribution in [0.3, 0.4) is 0 Å². The Morgan fingerprint density at radius 3 is 2.38 bits per heavy atom. The third-order valence-electron chi connectivity index (χ3n) is 4.89. The summed E-state index contributed by atoms with van der Waals surface area (Å²) in [7, 11) is 0. The van der Waals surface area contributed by atoms with E-state index in [1.54, 1.807) is 0 Å². The monoisotopic (exact) mass is 332 g/mol. The third kappa shape index (κ3) is 4.48. The van der Waals surface area contributed by atoms with Gasteiger partial charge in [0.2, 0.25) is 0 Å². The number of rotatable bonds is 4. The number of nitrogens with zero attached hydrogens (tertiary/aromatic N) is 2. The highest BCUT2D eigenvalue weighted by Crippen LogP contribution is 2.21. The number of para-hydroxylation sites is 1. The van der Waals surface area contributed by atoms with E-state index in [1.165, 1.54) is 0 Å². The smallest absolute Gasteiger partial charge is 0.260 e. The second-order valence-corrected chi connectivity index (χ2v) is 6.92. The van der Waals surface area contributed by atoms with E-state index in [1.807, 2.05) is 35.2 Å². The molecule has 0 radical (unpaired) electrons. The van der Waals surface area contributed by atoms with Crippen molar-refractivity contribution in [2.75, 3.05) is 32.8 Å². The van der Waals surface area contributed by atoms with Gasteiger partial charge >= 0.3 is 0 Å². The van der Waals surface area contributed by atoms with Crippen LogP contribution in [0.15, 0.2) is 30.3 Å². The molecule has 0 spiro atoms. The lowest BCUT2D eigenvalue weighted by atomic mass is 10.0. The first-order chi connectivity index (χ1) is 11.6. The Hall–Kier alpha value is -1.59. The van der Waals surface area contributed by atoms with E-state index in [4.69, 9.17) is 9.47 Å². The molecule has 2 heterocycles. The van der Waals surface area contributed by atoms with Gasteiger partial charge in [0.15, 0.2) is 6.61 Å². The van der Waals surface area contributed by atoms with Crippen molar-refractivity contribution in [2.24, 2.45) is 0 Å². The van der Waals surface area contributed by atoms with Gasteiger partial charge in [-0.25, -0.2) is 0 Å². The Labute approximate surface area is 144 Å². The first-order valence-corrected chi connectivity index (χ1v) is 8.97. The number of benzene rings is 1. The predicted molar refractivity (Wildman–Crippen MR) is 93.1 cm³/mol. The highest BCUT2D eigenvalue weighted by Gasteiger charge is 2.31. The Morgan fingerprint density at radius 2 is 1.75 bits per heavy atom. The molecule has 5 heteroatoms. The van der Waals surface area contributed by atoms with E-state index in [9.17, 15) is 4.79 Å². The van der Waals surface area contributed by atoms with E-state index in [0.29, 0.717) is 18.2 Å². The largest absolute Gasteiger partial charge is 0.484 e. The van der Waals surface area contributed by atoms with E-state index < -0.39 is 0 Å². The molecule has 1 aromatic carbocycles. The molecule has 2 aliphatic heterocycles. The topological polar surface area (TPSA) is 42.0 Å². The molecule has 0 saturated carbocycles. The molecule has 2 aliphatic rings. The number of hydrogen-bond acceptors (Lipinski definition) is 4. The molecule has 1 amide bonds. The van der Waals surface area contributed by atoms with E-state index >= 15 is 0 Å². The van der Waals surface area contributed by atoms with Crippen LogP contribution in [0.4, 0.5) is 0 Å². The van der Waals surface area contributed by atoms with Gasteiger partial charge in [0.1, 0.15) is 5.75 Å². The van der Waals surface area contributed by atoms with Gasteiger partial charge in [-0.3, -0.25) is 9.69 Å². The van der Waals surface area contributed by atoms with Crippen LogP contribution in [0.25, 0.3) is 0 Å². The summed E-state index contributed by atoms with van der Waals surface area (Å²) in [6.45, 7) is 8.05. The fourth-order valence-corrected chi connectivity index (χ4v) is 3.75. The van der Waals surface area contributed by atoms with E-state index in [-0.39, 0.29) is 12.5 Å². The lowest BCUT2D eigenvalue weighted by molar-refractivity contribution is -0.136. The zero-order valence-electron chi connectivity index (χ0n) is 14.7. The molecular weight excluding hydrogens is 304 g/mol. The van der Waals surface area contributed by atoms with Crippen LogP contribution in [0.1, 0.15) is 26.7 Å². The Morgan fingerprint density at radius 1 is 1.12 bits per heavy atom. The summed E-state index contributed by atoms with van der Waals surface area (Å²) in [6.07, 6.45) is 2.67. The first-order valence-electron chi connectivity index (χ1n) is 8.97. The van der Waals surface area contributed by atoms with Gasteiger partial charge in [-0.05, 0) is 38.8 Å². The normalized spacial score (nSPS) is 26.3. The van der Waals surface area contributed by atoms with Crippen molar-refractivity contribution in [3.8, 4) is 5.75 Å². The average Bonchev–Trinajstić information content (AvgIpc) is 2.60. The molecular formula is C19H28N2O3. The standard InChI is InChI=1S/C19H28N2O3/c1-15-12-21(13-16(2)24-15)17-8-10-20(11-9-17)19(22)14-23-18-6-4-3-5-7-18/h3-7,15-17H,8-14H2,1-2H3/t15-,16-/m0/s1. The number of ether oxygens (including phenoxy) is 2. The molecule has 5 nitrogen and oxygen atoms in total. The van der Waals surface area contributed by atoms with Crippen LogP contribution < -0.4 is 4.74 Å². The molecule has 3 rings (SSSR count). The van der Waals surface area contributed by atoms with Crippen LogP contribution in [0, 0.1) is 0 Å². The maximum Gasteiger partial charge on any atom is 0.260 e. The molecule has 0 aromatic heterocycles. The van der Waals surface area contributed by atoms with Crippen molar-refractivity contribution >= 4 is 5.91 Å². The Balaban J connectivity index is 1.43. The molecule has 132 valence electrons. The minimum Gasteiger partial charge on any atom is -0.484 e. The Bertz CT molecular complexity index is 519. The molecule has 24 heavy (non-hydrogen) atoms. The number of carbonyl (C=O) groups is 1. The maximum atomic E-state index is 12.3.